The molecule has 190 valence electrons. The van der Waals surface area contributed by atoms with Crippen LogP contribution in [0.1, 0.15) is 51.9 Å². The molecule has 3 heterocycles. The van der Waals surface area contributed by atoms with Crippen LogP contribution in [0.4, 0.5) is 5.13 Å². The normalized spacial score (nSPS) is 20.2. The lowest BCUT2D eigenvalue weighted by atomic mass is 9.94. The Labute approximate surface area is 222 Å². The third kappa shape index (κ3) is 4.38. The maximum atomic E-state index is 13.4. The van der Waals surface area contributed by atoms with Crippen molar-refractivity contribution in [3.8, 4) is 5.75 Å². The van der Waals surface area contributed by atoms with E-state index in [4.69, 9.17) is 21.1 Å². The van der Waals surface area contributed by atoms with Crippen LogP contribution in [0.25, 0.3) is 5.76 Å². The van der Waals surface area contributed by atoms with E-state index in [1.54, 1.807) is 56.3 Å². The van der Waals surface area contributed by atoms with Crippen LogP contribution in [0.5, 0.6) is 5.75 Å². The van der Waals surface area contributed by atoms with E-state index >= 15 is 0 Å². The minimum Gasteiger partial charge on any atom is -0.507 e. The molecular weight excluding hydrogens is 516 g/mol. The molecule has 2 aromatic carbocycles. The molecule has 2 atom stereocenters. The minimum atomic E-state index is -1.01. The zero-order valence-corrected chi connectivity index (χ0v) is 21.9. The molecule has 0 bridgehead atoms. The van der Waals surface area contributed by atoms with E-state index in [2.05, 4.69) is 4.98 Å². The lowest BCUT2D eigenvalue weighted by Gasteiger charge is -2.23. The van der Waals surface area contributed by atoms with Crippen LogP contribution in [0.15, 0.2) is 48.0 Å². The number of aromatic nitrogens is 1. The number of ether oxygens (including phenoxy) is 2. The number of esters is 1. The van der Waals surface area contributed by atoms with Gasteiger partial charge in [0.15, 0.2) is 5.13 Å². The number of aryl methyl sites for hydroxylation is 1. The molecule has 1 N–H and O–H groups in total. The number of aliphatic hydroxyl groups excluding tert-OH is 1. The second-order valence-electron chi connectivity index (χ2n) is 8.81. The second-order valence-corrected chi connectivity index (χ2v) is 10.2. The summed E-state index contributed by atoms with van der Waals surface area (Å²) in [7, 11) is 0. The van der Waals surface area contributed by atoms with E-state index < -0.39 is 23.7 Å². The number of Topliss-reactive ketones (excluding diaryl/α,β-unsaturated/α-hetero) is 1. The van der Waals surface area contributed by atoms with Gasteiger partial charge in [0.25, 0.3) is 5.78 Å². The predicted octanol–water partition coefficient (Wildman–Crippen LogP) is 5.23. The number of nitrogens with zero attached hydrogens (tertiary/aromatic N) is 2. The van der Waals surface area contributed by atoms with Gasteiger partial charge in [-0.2, -0.15) is 0 Å². The van der Waals surface area contributed by atoms with Gasteiger partial charge in [0, 0.05) is 17.0 Å². The minimum absolute atomic E-state index is 0.00572. The standard InChI is InChI=1S/C27H23ClN2O6S/c1-4-35-26(34)24-14(3)29-27(37-24)30-21(15-6-5-7-18(28)12-15)20(23(32)25(30)33)22(31)16-8-9-19-17(11-16)10-13(2)36-19/h5-9,11-13,21,31H,4,10H2,1-3H3/b22-20+/t13-,21+/m1/s1. The Morgan fingerprint density at radius 3 is 2.78 bits per heavy atom. The summed E-state index contributed by atoms with van der Waals surface area (Å²) in [5, 5.41) is 11.9. The van der Waals surface area contributed by atoms with Gasteiger partial charge in [0.2, 0.25) is 0 Å². The summed E-state index contributed by atoms with van der Waals surface area (Å²) in [6.45, 7) is 5.46. The zero-order chi connectivity index (χ0) is 26.4. The van der Waals surface area contributed by atoms with Crippen LogP contribution in [0.3, 0.4) is 0 Å². The molecule has 0 spiro atoms. The van der Waals surface area contributed by atoms with Crippen molar-refractivity contribution in [2.75, 3.05) is 11.5 Å². The first-order valence-corrected chi connectivity index (χ1v) is 12.9. The number of anilines is 1. The molecule has 1 aromatic heterocycles. The molecule has 2 aliphatic heterocycles. The third-order valence-corrected chi connectivity index (χ3v) is 7.60. The summed E-state index contributed by atoms with van der Waals surface area (Å²) in [5.41, 5.74) is 2.09. The largest absolute Gasteiger partial charge is 0.507 e. The molecular formula is C27H23ClN2O6S. The Bertz CT molecular complexity index is 1480. The van der Waals surface area contributed by atoms with Gasteiger partial charge < -0.3 is 14.6 Å². The number of hydrogen-bond donors (Lipinski definition) is 1. The molecule has 1 amide bonds. The fourth-order valence-electron chi connectivity index (χ4n) is 4.62. The molecule has 3 aromatic rings. The Hall–Kier alpha value is -3.69. The number of benzene rings is 2. The van der Waals surface area contributed by atoms with Crippen molar-refractivity contribution in [3.05, 3.63) is 80.3 Å². The van der Waals surface area contributed by atoms with Crippen molar-refractivity contribution < 1.29 is 29.0 Å². The maximum Gasteiger partial charge on any atom is 0.350 e. The van der Waals surface area contributed by atoms with Crippen molar-refractivity contribution >= 4 is 51.5 Å². The van der Waals surface area contributed by atoms with Crippen LogP contribution in [0.2, 0.25) is 5.02 Å². The number of rotatable bonds is 5. The maximum absolute atomic E-state index is 13.4. The molecule has 37 heavy (non-hydrogen) atoms. The van der Waals surface area contributed by atoms with E-state index in [9.17, 15) is 19.5 Å². The average molecular weight is 539 g/mol. The van der Waals surface area contributed by atoms with Gasteiger partial charge in [0.1, 0.15) is 22.5 Å². The van der Waals surface area contributed by atoms with Crippen molar-refractivity contribution in [2.45, 2.75) is 39.3 Å². The van der Waals surface area contributed by atoms with Gasteiger partial charge in [-0.3, -0.25) is 14.5 Å². The lowest BCUT2D eigenvalue weighted by molar-refractivity contribution is -0.132. The molecule has 0 unspecified atom stereocenters. The number of hydrogen-bond acceptors (Lipinski definition) is 8. The molecule has 1 fully saturated rings. The third-order valence-electron chi connectivity index (χ3n) is 6.23. The zero-order valence-electron chi connectivity index (χ0n) is 20.3. The van der Waals surface area contributed by atoms with E-state index in [-0.39, 0.29) is 34.1 Å². The lowest BCUT2D eigenvalue weighted by Crippen LogP contribution is -2.29. The van der Waals surface area contributed by atoms with Crippen LogP contribution >= 0.6 is 22.9 Å². The highest BCUT2D eigenvalue weighted by Gasteiger charge is 2.48. The Morgan fingerprint density at radius 2 is 2.05 bits per heavy atom. The summed E-state index contributed by atoms with van der Waals surface area (Å²) in [5.74, 6) is -1.88. The van der Waals surface area contributed by atoms with E-state index in [1.165, 1.54) is 4.90 Å². The molecule has 0 radical (unpaired) electrons. The van der Waals surface area contributed by atoms with Gasteiger partial charge in [-0.1, -0.05) is 35.1 Å². The fourth-order valence-corrected chi connectivity index (χ4v) is 5.80. The summed E-state index contributed by atoms with van der Waals surface area (Å²) < 4.78 is 10.9. The van der Waals surface area contributed by atoms with Gasteiger partial charge in [-0.25, -0.2) is 9.78 Å². The number of ketones is 1. The van der Waals surface area contributed by atoms with Gasteiger partial charge in [0.05, 0.1) is 23.9 Å². The highest BCUT2D eigenvalue weighted by molar-refractivity contribution is 7.17. The average Bonchev–Trinajstić information content (AvgIpc) is 3.51. The highest BCUT2D eigenvalue weighted by atomic mass is 35.5. The number of halogens is 1. The number of amides is 1. The number of carbonyl (C=O) groups is 3. The van der Waals surface area contributed by atoms with Crippen molar-refractivity contribution in [1.82, 2.24) is 4.98 Å². The molecule has 1 saturated heterocycles. The first-order chi connectivity index (χ1) is 17.7. The monoisotopic (exact) mass is 538 g/mol. The summed E-state index contributed by atoms with van der Waals surface area (Å²) in [6.07, 6.45) is 0.670. The molecule has 2 aliphatic rings. The topological polar surface area (TPSA) is 106 Å². The molecule has 10 heteroatoms. The van der Waals surface area contributed by atoms with Crippen LogP contribution in [-0.4, -0.2) is 40.5 Å². The quantitative estimate of drug-likeness (QED) is 0.205. The number of fused-ring (bicyclic) bond motifs is 1. The fraction of sp³-hybridized carbons (Fsp3) is 0.259. The first kappa shape index (κ1) is 25.0. The Morgan fingerprint density at radius 1 is 1.27 bits per heavy atom. The van der Waals surface area contributed by atoms with Crippen molar-refractivity contribution in [2.24, 2.45) is 0 Å². The van der Waals surface area contributed by atoms with E-state index in [1.807, 2.05) is 6.92 Å². The van der Waals surface area contributed by atoms with Crippen LogP contribution in [-0.2, 0) is 20.7 Å². The second kappa shape index (κ2) is 9.64. The predicted molar refractivity (Wildman–Crippen MR) is 139 cm³/mol. The molecule has 5 rings (SSSR count). The van der Waals surface area contributed by atoms with Crippen molar-refractivity contribution in [1.29, 1.82) is 0 Å². The summed E-state index contributed by atoms with van der Waals surface area (Å²) in [6, 6.07) is 10.9. The van der Waals surface area contributed by atoms with Crippen LogP contribution < -0.4 is 9.64 Å². The highest BCUT2D eigenvalue weighted by Crippen LogP contribution is 2.44. The van der Waals surface area contributed by atoms with E-state index in [0.29, 0.717) is 28.3 Å². The molecule has 8 nitrogen and oxygen atoms in total. The smallest absolute Gasteiger partial charge is 0.350 e. The van der Waals surface area contributed by atoms with Crippen LogP contribution in [0, 0.1) is 6.92 Å². The summed E-state index contributed by atoms with van der Waals surface area (Å²) >= 11 is 7.22. The molecule has 0 saturated carbocycles. The van der Waals surface area contributed by atoms with Gasteiger partial charge in [-0.15, -0.1) is 0 Å². The first-order valence-electron chi connectivity index (χ1n) is 11.7. The molecule has 0 aliphatic carbocycles. The Kier molecular flexibility index (Phi) is 6.51. The van der Waals surface area contributed by atoms with E-state index in [0.717, 1.165) is 22.6 Å². The Balaban J connectivity index is 1.67. The van der Waals surface area contributed by atoms with Crippen molar-refractivity contribution in [3.63, 3.8) is 0 Å². The number of carbonyl (C=O) groups excluding carboxylic acids is 3. The van der Waals surface area contributed by atoms with Gasteiger partial charge >= 0.3 is 11.9 Å². The number of thiazole rings is 1. The van der Waals surface area contributed by atoms with Gasteiger partial charge in [-0.05, 0) is 62.2 Å². The summed E-state index contributed by atoms with van der Waals surface area (Å²) in [4.78, 5) is 45.1. The number of aliphatic hydroxyl groups is 1. The SMILES string of the molecule is CCOC(=O)c1sc(N2C(=O)C(=O)/C(=C(/O)c3ccc4c(c3)C[C@@H](C)O4)[C@@H]2c2cccc(Cl)c2)nc1C.